The molecule has 11 heavy (non-hydrogen) atoms. The summed E-state index contributed by atoms with van der Waals surface area (Å²) in [7, 11) is 0. The molecule has 0 bridgehead atoms. The molecule has 0 aromatic carbocycles. The van der Waals surface area contributed by atoms with E-state index in [1.54, 1.807) is 0 Å². The van der Waals surface area contributed by atoms with Crippen molar-refractivity contribution >= 4 is 23.1 Å². The van der Waals surface area contributed by atoms with Gasteiger partial charge >= 0.3 is 23.1 Å². The zero-order valence-corrected chi connectivity index (χ0v) is 10.7. The van der Waals surface area contributed by atoms with Gasteiger partial charge in [-0.15, -0.1) is 0 Å². The quantitative estimate of drug-likeness (QED) is 0.348. The fraction of sp³-hybridized carbons (Fsp3) is 0.889. The van der Waals surface area contributed by atoms with E-state index >= 15 is 0 Å². The van der Waals surface area contributed by atoms with E-state index in [-0.39, 0.29) is 40.0 Å². The van der Waals surface area contributed by atoms with Gasteiger partial charge in [-0.2, -0.15) is 6.42 Å². The molecule has 0 saturated carbocycles. The van der Waals surface area contributed by atoms with Crippen molar-refractivity contribution in [3.8, 4) is 0 Å². The fourth-order valence-electron chi connectivity index (χ4n) is 0.957. The van der Waals surface area contributed by atoms with Gasteiger partial charge in [-0.25, -0.2) is 0 Å². The van der Waals surface area contributed by atoms with Crippen LogP contribution >= 0.6 is 0 Å². The van der Waals surface area contributed by atoms with Gasteiger partial charge in [0.05, 0.1) is 0 Å². The van der Waals surface area contributed by atoms with Crippen LogP contribution in [0.1, 0.15) is 51.9 Å². The minimum absolute atomic E-state index is 0. The molecule has 0 heterocycles. The van der Waals surface area contributed by atoms with Crippen molar-refractivity contribution in [2.45, 2.75) is 51.9 Å². The SMILES string of the molecule is [Br-].[CH2-]CCCCCCCC.[Mg+2]. The molecular formula is C9H19BrMg. The topological polar surface area (TPSA) is 0 Å². The smallest absolute Gasteiger partial charge is 1.00 e. The average molecular weight is 231 g/mol. The monoisotopic (exact) mass is 230 g/mol. The van der Waals surface area contributed by atoms with Gasteiger partial charge in [-0.05, 0) is 0 Å². The van der Waals surface area contributed by atoms with Gasteiger partial charge in [0.15, 0.2) is 0 Å². The zero-order valence-electron chi connectivity index (χ0n) is 7.74. The molecule has 0 N–H and O–H groups in total. The van der Waals surface area contributed by atoms with Gasteiger partial charge in [0.25, 0.3) is 0 Å². The first kappa shape index (κ1) is 18.1. The first-order chi connectivity index (χ1) is 4.41. The van der Waals surface area contributed by atoms with Crippen LogP contribution in [0.15, 0.2) is 0 Å². The summed E-state index contributed by atoms with van der Waals surface area (Å²) in [4.78, 5) is 0. The van der Waals surface area contributed by atoms with E-state index in [1.165, 1.54) is 38.5 Å². The van der Waals surface area contributed by atoms with Crippen LogP contribution in [-0.4, -0.2) is 23.1 Å². The van der Waals surface area contributed by atoms with Crippen LogP contribution in [0.5, 0.6) is 0 Å². The predicted molar refractivity (Wildman–Crippen MR) is 49.1 cm³/mol. The Labute approximate surface area is 98.4 Å². The molecule has 0 radical (unpaired) electrons. The second-order valence-corrected chi connectivity index (χ2v) is 2.62. The molecule has 2 heteroatoms. The maximum Gasteiger partial charge on any atom is 2.00 e. The van der Waals surface area contributed by atoms with Gasteiger partial charge in [0.2, 0.25) is 0 Å². The van der Waals surface area contributed by atoms with Crippen molar-refractivity contribution in [3.05, 3.63) is 6.92 Å². The minimum atomic E-state index is 0. The van der Waals surface area contributed by atoms with Crippen LogP contribution < -0.4 is 17.0 Å². The molecule has 0 amide bonds. The molecular weight excluding hydrogens is 212 g/mol. The molecule has 64 valence electrons. The van der Waals surface area contributed by atoms with E-state index in [1.807, 2.05) is 0 Å². The molecule has 0 fully saturated rings. The van der Waals surface area contributed by atoms with Crippen molar-refractivity contribution in [2.24, 2.45) is 0 Å². The van der Waals surface area contributed by atoms with Gasteiger partial charge in [-0.3, -0.25) is 0 Å². The summed E-state index contributed by atoms with van der Waals surface area (Å²) >= 11 is 0. The molecule has 0 spiro atoms. The Morgan fingerprint density at radius 1 is 0.909 bits per heavy atom. The maximum atomic E-state index is 3.80. The summed E-state index contributed by atoms with van der Waals surface area (Å²) < 4.78 is 0. The molecule has 0 nitrogen and oxygen atoms in total. The van der Waals surface area contributed by atoms with Crippen LogP contribution in [0, 0.1) is 6.92 Å². The van der Waals surface area contributed by atoms with Gasteiger partial charge in [-0.1, -0.05) is 45.4 Å². The van der Waals surface area contributed by atoms with Crippen molar-refractivity contribution in [2.75, 3.05) is 0 Å². The average Bonchev–Trinajstić information content (AvgIpc) is 1.89. The first-order valence-electron chi connectivity index (χ1n) is 4.21. The summed E-state index contributed by atoms with van der Waals surface area (Å²) in [5.41, 5.74) is 0. The summed E-state index contributed by atoms with van der Waals surface area (Å²) in [5, 5.41) is 0. The molecule has 0 aliphatic heterocycles. The van der Waals surface area contributed by atoms with E-state index in [2.05, 4.69) is 13.8 Å². The second-order valence-electron chi connectivity index (χ2n) is 2.62. The Balaban J connectivity index is -0.000000320. The van der Waals surface area contributed by atoms with Crippen molar-refractivity contribution in [1.82, 2.24) is 0 Å². The fourth-order valence-corrected chi connectivity index (χ4v) is 0.957. The predicted octanol–water partition coefficient (Wildman–Crippen LogP) is 0.194. The van der Waals surface area contributed by atoms with E-state index in [0.717, 1.165) is 6.42 Å². The maximum absolute atomic E-state index is 3.80. The van der Waals surface area contributed by atoms with Crippen molar-refractivity contribution < 1.29 is 17.0 Å². The normalized spacial score (nSPS) is 8.18. The minimum Gasteiger partial charge on any atom is -1.00 e. The van der Waals surface area contributed by atoms with Crippen LogP contribution in [0.3, 0.4) is 0 Å². The molecule has 0 aliphatic rings. The van der Waals surface area contributed by atoms with Gasteiger partial charge < -0.3 is 23.9 Å². The summed E-state index contributed by atoms with van der Waals surface area (Å²) in [6.45, 7) is 6.05. The Hall–Kier alpha value is 1.25. The van der Waals surface area contributed by atoms with Crippen molar-refractivity contribution in [3.63, 3.8) is 0 Å². The Morgan fingerprint density at radius 3 is 1.82 bits per heavy atom. The number of hydrogen-bond acceptors (Lipinski definition) is 0. The number of hydrogen-bond donors (Lipinski definition) is 0. The molecule has 0 rings (SSSR count). The van der Waals surface area contributed by atoms with E-state index in [9.17, 15) is 0 Å². The summed E-state index contributed by atoms with van der Waals surface area (Å²) in [6, 6.07) is 0. The van der Waals surface area contributed by atoms with E-state index < -0.39 is 0 Å². The third-order valence-electron chi connectivity index (χ3n) is 1.60. The Bertz CT molecular complexity index is 42.8. The number of rotatable bonds is 6. The summed E-state index contributed by atoms with van der Waals surface area (Å²) in [5.74, 6) is 0. The number of halogens is 1. The van der Waals surface area contributed by atoms with Crippen LogP contribution in [-0.2, 0) is 0 Å². The van der Waals surface area contributed by atoms with E-state index in [0.29, 0.717) is 0 Å². The standard InChI is InChI=1S/C9H19.BrH.Mg/c1-3-5-7-9-8-6-4-2;;/h1,3-9H2,2H3;1H;/q-1;;+2/p-1. The third-order valence-corrected chi connectivity index (χ3v) is 1.60. The molecule has 0 aromatic rings. The zero-order chi connectivity index (χ0) is 6.95. The third kappa shape index (κ3) is 18.3. The molecule has 0 unspecified atom stereocenters. The molecule has 0 atom stereocenters. The van der Waals surface area contributed by atoms with Gasteiger partial charge in [0.1, 0.15) is 0 Å². The molecule has 0 saturated heterocycles. The Morgan fingerprint density at radius 2 is 1.36 bits per heavy atom. The van der Waals surface area contributed by atoms with E-state index in [4.69, 9.17) is 0 Å². The molecule has 0 aliphatic carbocycles. The second kappa shape index (κ2) is 17.4. The van der Waals surface area contributed by atoms with Crippen LogP contribution in [0.2, 0.25) is 0 Å². The first-order valence-corrected chi connectivity index (χ1v) is 4.21. The number of unbranched alkanes of at least 4 members (excludes halogenated alkanes) is 6. The Kier molecular flexibility index (Phi) is 28.6. The summed E-state index contributed by atoms with van der Waals surface area (Å²) in [6.07, 6.45) is 9.45. The largest absolute Gasteiger partial charge is 2.00 e. The van der Waals surface area contributed by atoms with Crippen LogP contribution in [0.25, 0.3) is 0 Å². The van der Waals surface area contributed by atoms with Crippen LogP contribution in [0.4, 0.5) is 0 Å². The van der Waals surface area contributed by atoms with Crippen molar-refractivity contribution in [1.29, 1.82) is 0 Å². The van der Waals surface area contributed by atoms with Gasteiger partial charge in [0, 0.05) is 0 Å². The molecule has 0 aromatic heterocycles.